The molecule has 2 N–H and O–H groups in total. The second kappa shape index (κ2) is 8.10. The molecule has 1 saturated heterocycles. The fourth-order valence-corrected chi connectivity index (χ4v) is 3.83. The first-order valence-corrected chi connectivity index (χ1v) is 10.1. The monoisotopic (exact) mass is 459 g/mol. The van der Waals surface area contributed by atoms with Crippen molar-refractivity contribution in [2.45, 2.75) is 12.3 Å². The first-order chi connectivity index (χ1) is 15.1. The molecule has 0 radical (unpaired) electrons. The number of fused-ring (bicyclic) bond motifs is 1. The standard InChI is InChI=1S/C18H15Cl2N9O2/c19-12-5-11(7-22-17(12)29-23-2-3-24-29)25-18(30)26-13-8-21-15-6-14(20)27-28(15)16(13)10-1-4-31-9-10/h2-3,5-8,10H,1,4,9H2,(H2,25,26,30). The van der Waals surface area contributed by atoms with E-state index in [9.17, 15) is 4.79 Å². The zero-order chi connectivity index (χ0) is 21.4. The molecular formula is C18H15Cl2N9O2. The summed E-state index contributed by atoms with van der Waals surface area (Å²) in [6.07, 6.45) is 6.88. The summed E-state index contributed by atoms with van der Waals surface area (Å²) in [6.45, 7) is 1.16. The van der Waals surface area contributed by atoms with Crippen LogP contribution in [-0.4, -0.2) is 53.8 Å². The quantitative estimate of drug-likeness (QED) is 0.480. The molecule has 0 aromatic carbocycles. The minimum Gasteiger partial charge on any atom is -0.381 e. The van der Waals surface area contributed by atoms with Gasteiger partial charge >= 0.3 is 6.03 Å². The number of carbonyl (C=O) groups excluding carboxylic acids is 1. The molecule has 2 amide bonds. The van der Waals surface area contributed by atoms with Crippen LogP contribution in [0.25, 0.3) is 11.5 Å². The number of hydrogen-bond acceptors (Lipinski definition) is 7. The highest BCUT2D eigenvalue weighted by Gasteiger charge is 2.26. The zero-order valence-electron chi connectivity index (χ0n) is 15.9. The Balaban J connectivity index is 1.39. The minimum absolute atomic E-state index is 0.0498. The van der Waals surface area contributed by atoms with E-state index in [1.165, 1.54) is 23.4 Å². The summed E-state index contributed by atoms with van der Waals surface area (Å²) >= 11 is 12.3. The fraction of sp³-hybridized carbons (Fsp3) is 0.222. The number of aromatic nitrogens is 7. The number of nitrogens with one attached hydrogen (secondary N) is 2. The first-order valence-electron chi connectivity index (χ1n) is 9.30. The summed E-state index contributed by atoms with van der Waals surface area (Å²) < 4.78 is 7.16. The van der Waals surface area contributed by atoms with Gasteiger partial charge in [-0.15, -0.1) is 4.80 Å². The Morgan fingerprint density at radius 2 is 1.97 bits per heavy atom. The molecule has 1 fully saturated rings. The van der Waals surface area contributed by atoms with Crippen molar-refractivity contribution >= 4 is 46.3 Å². The van der Waals surface area contributed by atoms with Crippen LogP contribution in [0, 0.1) is 0 Å². The number of carbonyl (C=O) groups is 1. The molecule has 11 nitrogen and oxygen atoms in total. The molecule has 5 heterocycles. The van der Waals surface area contributed by atoms with Gasteiger partial charge in [-0.2, -0.15) is 15.3 Å². The van der Waals surface area contributed by atoms with Crippen molar-refractivity contribution in [1.82, 2.24) is 34.6 Å². The number of rotatable bonds is 4. The molecule has 158 valence electrons. The lowest BCUT2D eigenvalue weighted by Gasteiger charge is -2.16. The molecule has 1 aliphatic heterocycles. The van der Waals surface area contributed by atoms with E-state index in [0.29, 0.717) is 41.2 Å². The van der Waals surface area contributed by atoms with Crippen LogP contribution in [0.4, 0.5) is 16.2 Å². The maximum absolute atomic E-state index is 12.7. The minimum atomic E-state index is -0.484. The summed E-state index contributed by atoms with van der Waals surface area (Å²) in [4.78, 5) is 22.5. The second-order valence-corrected chi connectivity index (χ2v) is 7.58. The van der Waals surface area contributed by atoms with Crippen LogP contribution in [0.1, 0.15) is 18.0 Å². The van der Waals surface area contributed by atoms with Gasteiger partial charge in [-0.1, -0.05) is 23.2 Å². The molecule has 1 unspecified atom stereocenters. The van der Waals surface area contributed by atoms with Gasteiger partial charge in [0.05, 0.1) is 53.5 Å². The third kappa shape index (κ3) is 3.90. The highest BCUT2D eigenvalue weighted by Crippen LogP contribution is 2.32. The van der Waals surface area contributed by atoms with Gasteiger partial charge < -0.3 is 15.4 Å². The van der Waals surface area contributed by atoms with E-state index in [4.69, 9.17) is 27.9 Å². The number of pyridine rings is 1. The number of amides is 2. The summed E-state index contributed by atoms with van der Waals surface area (Å²) in [7, 11) is 0. The number of ether oxygens (including phenoxy) is 1. The van der Waals surface area contributed by atoms with Crippen molar-refractivity contribution in [1.29, 1.82) is 0 Å². The van der Waals surface area contributed by atoms with Crippen LogP contribution in [0.3, 0.4) is 0 Å². The normalized spacial score (nSPS) is 16.0. The Morgan fingerprint density at radius 1 is 1.13 bits per heavy atom. The molecule has 0 saturated carbocycles. The van der Waals surface area contributed by atoms with Gasteiger partial charge in [-0.25, -0.2) is 19.3 Å². The van der Waals surface area contributed by atoms with Crippen molar-refractivity contribution in [3.8, 4) is 5.82 Å². The zero-order valence-corrected chi connectivity index (χ0v) is 17.4. The Morgan fingerprint density at radius 3 is 2.71 bits per heavy atom. The second-order valence-electron chi connectivity index (χ2n) is 6.78. The van der Waals surface area contributed by atoms with Crippen LogP contribution in [-0.2, 0) is 4.74 Å². The van der Waals surface area contributed by atoms with Gasteiger partial charge in [-0.05, 0) is 12.5 Å². The number of halogens is 2. The molecule has 0 bridgehead atoms. The smallest absolute Gasteiger partial charge is 0.323 e. The third-order valence-corrected chi connectivity index (χ3v) is 5.21. The van der Waals surface area contributed by atoms with Crippen LogP contribution in [0.5, 0.6) is 0 Å². The van der Waals surface area contributed by atoms with Gasteiger partial charge in [-0.3, -0.25) is 0 Å². The van der Waals surface area contributed by atoms with Crippen molar-refractivity contribution < 1.29 is 9.53 Å². The van der Waals surface area contributed by atoms with Gasteiger partial charge in [0.15, 0.2) is 16.6 Å². The average Bonchev–Trinajstić information content (AvgIpc) is 3.49. The number of hydrogen-bond donors (Lipinski definition) is 2. The summed E-state index contributed by atoms with van der Waals surface area (Å²) in [5, 5.41) is 18.4. The van der Waals surface area contributed by atoms with E-state index < -0.39 is 6.03 Å². The molecule has 4 aromatic heterocycles. The third-order valence-electron chi connectivity index (χ3n) is 4.74. The summed E-state index contributed by atoms with van der Waals surface area (Å²) in [5.74, 6) is 0.403. The predicted molar refractivity (Wildman–Crippen MR) is 113 cm³/mol. The Bertz CT molecular complexity index is 1250. The number of urea groups is 1. The first kappa shape index (κ1) is 19.7. The van der Waals surface area contributed by atoms with Gasteiger partial charge in [0, 0.05) is 18.6 Å². The largest absolute Gasteiger partial charge is 0.381 e. The van der Waals surface area contributed by atoms with Gasteiger partial charge in [0.2, 0.25) is 0 Å². The van der Waals surface area contributed by atoms with E-state index in [0.717, 1.165) is 12.1 Å². The molecule has 4 aromatic rings. The molecule has 5 rings (SSSR count). The maximum Gasteiger partial charge on any atom is 0.323 e. The molecule has 13 heteroatoms. The van der Waals surface area contributed by atoms with Crippen LogP contribution >= 0.6 is 23.2 Å². The lowest BCUT2D eigenvalue weighted by atomic mass is 10.0. The molecule has 0 spiro atoms. The Hall–Kier alpha value is -3.28. The van der Waals surface area contributed by atoms with Gasteiger partial charge in [0.1, 0.15) is 0 Å². The lowest BCUT2D eigenvalue weighted by molar-refractivity contribution is 0.193. The number of anilines is 2. The van der Waals surface area contributed by atoms with E-state index >= 15 is 0 Å². The Labute approximate surface area is 185 Å². The topological polar surface area (TPSA) is 124 Å². The molecule has 0 aliphatic carbocycles. The Kier molecular flexibility index (Phi) is 5.14. The van der Waals surface area contributed by atoms with E-state index in [1.807, 2.05) is 0 Å². The molecule has 31 heavy (non-hydrogen) atoms. The predicted octanol–water partition coefficient (Wildman–Crippen LogP) is 3.16. The fourth-order valence-electron chi connectivity index (χ4n) is 3.42. The SMILES string of the molecule is O=C(Nc1cnc(-n2nccn2)c(Cl)c1)Nc1cnc2cc(Cl)nn2c1C1CCOC1. The van der Waals surface area contributed by atoms with Crippen molar-refractivity contribution in [2.75, 3.05) is 23.8 Å². The summed E-state index contributed by atoms with van der Waals surface area (Å²) in [6, 6.07) is 2.74. The highest BCUT2D eigenvalue weighted by molar-refractivity contribution is 6.32. The molecule has 1 aliphatic rings. The maximum atomic E-state index is 12.7. The van der Waals surface area contributed by atoms with E-state index in [2.05, 4.69) is 35.9 Å². The van der Waals surface area contributed by atoms with Crippen LogP contribution in [0.15, 0.2) is 36.9 Å². The van der Waals surface area contributed by atoms with E-state index in [1.54, 1.807) is 22.8 Å². The summed E-state index contributed by atoms with van der Waals surface area (Å²) in [5.41, 5.74) is 2.29. The number of nitrogens with zero attached hydrogens (tertiary/aromatic N) is 7. The van der Waals surface area contributed by atoms with Crippen molar-refractivity contribution in [3.63, 3.8) is 0 Å². The molecule has 1 atom stereocenters. The van der Waals surface area contributed by atoms with Crippen molar-refractivity contribution in [3.05, 3.63) is 52.8 Å². The van der Waals surface area contributed by atoms with E-state index in [-0.39, 0.29) is 10.9 Å². The van der Waals surface area contributed by atoms with Crippen LogP contribution in [0.2, 0.25) is 10.2 Å². The average molecular weight is 460 g/mol. The van der Waals surface area contributed by atoms with Crippen LogP contribution < -0.4 is 10.6 Å². The van der Waals surface area contributed by atoms with Gasteiger partial charge in [0.25, 0.3) is 0 Å². The lowest BCUT2D eigenvalue weighted by Crippen LogP contribution is -2.22. The highest BCUT2D eigenvalue weighted by atomic mass is 35.5. The molecular weight excluding hydrogens is 445 g/mol. The van der Waals surface area contributed by atoms with Crippen molar-refractivity contribution in [2.24, 2.45) is 0 Å².